The SMILES string of the molecule is CC(C)CNC(=O)c1ccc(NCC2CCCO2)cn1. The number of carbonyl (C=O) groups is 1. The zero-order valence-electron chi connectivity index (χ0n) is 12.2. The molecule has 2 N–H and O–H groups in total. The van der Waals surface area contributed by atoms with Gasteiger partial charge in [0.05, 0.1) is 18.0 Å². The number of amides is 1. The average molecular weight is 277 g/mol. The van der Waals surface area contributed by atoms with E-state index < -0.39 is 0 Å². The maximum absolute atomic E-state index is 11.8. The molecule has 20 heavy (non-hydrogen) atoms. The Hall–Kier alpha value is -1.62. The standard InChI is InChI=1S/C15H23N3O2/c1-11(2)8-18-15(19)14-6-5-12(9-17-14)16-10-13-4-3-7-20-13/h5-6,9,11,13,16H,3-4,7-8,10H2,1-2H3,(H,18,19). The molecule has 1 amide bonds. The van der Waals surface area contributed by atoms with E-state index in [1.54, 1.807) is 12.3 Å². The maximum atomic E-state index is 11.8. The third-order valence-electron chi connectivity index (χ3n) is 3.22. The van der Waals surface area contributed by atoms with Crippen molar-refractivity contribution in [3.05, 3.63) is 24.0 Å². The molecular formula is C15H23N3O2. The molecule has 1 atom stereocenters. The number of nitrogens with one attached hydrogen (secondary N) is 2. The van der Waals surface area contributed by atoms with Crippen LogP contribution in [0.15, 0.2) is 18.3 Å². The first-order valence-corrected chi connectivity index (χ1v) is 7.25. The number of hydrogen-bond donors (Lipinski definition) is 2. The number of aromatic nitrogens is 1. The normalized spacial score (nSPS) is 18.2. The Morgan fingerprint density at radius 2 is 2.35 bits per heavy atom. The van der Waals surface area contributed by atoms with Crippen LogP contribution in [0, 0.1) is 5.92 Å². The number of pyridine rings is 1. The predicted molar refractivity (Wildman–Crippen MR) is 78.9 cm³/mol. The molecule has 0 saturated carbocycles. The molecule has 110 valence electrons. The fourth-order valence-corrected chi connectivity index (χ4v) is 2.06. The molecule has 1 saturated heterocycles. The Bertz CT molecular complexity index is 425. The van der Waals surface area contributed by atoms with Crippen LogP contribution in [0.3, 0.4) is 0 Å². The topological polar surface area (TPSA) is 63.2 Å². The molecule has 1 fully saturated rings. The maximum Gasteiger partial charge on any atom is 0.269 e. The van der Waals surface area contributed by atoms with Crippen LogP contribution in [-0.4, -0.2) is 36.7 Å². The minimum Gasteiger partial charge on any atom is -0.381 e. The lowest BCUT2D eigenvalue weighted by molar-refractivity contribution is 0.0944. The quantitative estimate of drug-likeness (QED) is 0.835. The molecule has 0 bridgehead atoms. The predicted octanol–water partition coefficient (Wildman–Crippen LogP) is 2.06. The number of rotatable bonds is 6. The summed E-state index contributed by atoms with van der Waals surface area (Å²) < 4.78 is 5.54. The molecule has 0 aromatic carbocycles. The van der Waals surface area contributed by atoms with Crippen LogP contribution in [0.2, 0.25) is 0 Å². The molecule has 2 heterocycles. The Morgan fingerprint density at radius 3 is 2.95 bits per heavy atom. The molecule has 5 heteroatoms. The Labute approximate surface area is 120 Å². The monoisotopic (exact) mass is 277 g/mol. The first kappa shape index (κ1) is 14.8. The van der Waals surface area contributed by atoms with Gasteiger partial charge >= 0.3 is 0 Å². The highest BCUT2D eigenvalue weighted by molar-refractivity contribution is 5.92. The molecule has 2 rings (SSSR count). The van der Waals surface area contributed by atoms with Crippen LogP contribution >= 0.6 is 0 Å². The lowest BCUT2D eigenvalue weighted by Crippen LogP contribution is -2.28. The molecule has 1 aromatic rings. The zero-order valence-corrected chi connectivity index (χ0v) is 12.2. The van der Waals surface area contributed by atoms with Crippen molar-refractivity contribution in [3.63, 3.8) is 0 Å². The van der Waals surface area contributed by atoms with Gasteiger partial charge in [0.1, 0.15) is 5.69 Å². The zero-order chi connectivity index (χ0) is 14.4. The number of carbonyl (C=O) groups excluding carboxylic acids is 1. The lowest BCUT2D eigenvalue weighted by atomic mass is 10.2. The van der Waals surface area contributed by atoms with Crippen LogP contribution in [-0.2, 0) is 4.74 Å². The molecule has 1 unspecified atom stereocenters. The van der Waals surface area contributed by atoms with E-state index in [0.29, 0.717) is 24.3 Å². The van der Waals surface area contributed by atoms with Gasteiger partial charge in [-0.1, -0.05) is 13.8 Å². The van der Waals surface area contributed by atoms with Gasteiger partial charge in [-0.3, -0.25) is 4.79 Å². The molecule has 1 aromatic heterocycles. The summed E-state index contributed by atoms with van der Waals surface area (Å²) in [6, 6.07) is 3.62. The van der Waals surface area contributed by atoms with Crippen molar-refractivity contribution in [1.29, 1.82) is 0 Å². The van der Waals surface area contributed by atoms with Gasteiger partial charge in [0.25, 0.3) is 5.91 Å². The first-order valence-electron chi connectivity index (χ1n) is 7.25. The van der Waals surface area contributed by atoms with Crippen LogP contribution in [0.25, 0.3) is 0 Å². The van der Waals surface area contributed by atoms with Gasteiger partial charge in [-0.15, -0.1) is 0 Å². The van der Waals surface area contributed by atoms with Crippen molar-refractivity contribution in [3.8, 4) is 0 Å². The minimum atomic E-state index is -0.121. The summed E-state index contributed by atoms with van der Waals surface area (Å²) in [7, 11) is 0. The average Bonchev–Trinajstić information content (AvgIpc) is 2.96. The number of anilines is 1. The second kappa shape index (κ2) is 7.24. The fraction of sp³-hybridized carbons (Fsp3) is 0.600. The van der Waals surface area contributed by atoms with E-state index in [1.165, 1.54) is 0 Å². The van der Waals surface area contributed by atoms with Crippen molar-refractivity contribution in [2.24, 2.45) is 5.92 Å². The number of ether oxygens (including phenoxy) is 1. The molecule has 5 nitrogen and oxygen atoms in total. The number of nitrogens with zero attached hydrogens (tertiary/aromatic N) is 1. The van der Waals surface area contributed by atoms with Gasteiger partial charge in [-0.05, 0) is 30.9 Å². The molecule has 0 aliphatic carbocycles. The summed E-state index contributed by atoms with van der Waals surface area (Å²) in [5, 5.41) is 6.14. The highest BCUT2D eigenvalue weighted by atomic mass is 16.5. The largest absolute Gasteiger partial charge is 0.381 e. The van der Waals surface area contributed by atoms with Crippen molar-refractivity contribution >= 4 is 11.6 Å². The molecule has 0 spiro atoms. The van der Waals surface area contributed by atoms with Gasteiger partial charge in [-0.2, -0.15) is 0 Å². The third-order valence-corrected chi connectivity index (χ3v) is 3.22. The van der Waals surface area contributed by atoms with Crippen molar-refractivity contribution < 1.29 is 9.53 Å². The van der Waals surface area contributed by atoms with Crippen molar-refractivity contribution in [1.82, 2.24) is 10.3 Å². The summed E-state index contributed by atoms with van der Waals surface area (Å²) in [5.74, 6) is 0.315. The van der Waals surface area contributed by atoms with E-state index in [2.05, 4.69) is 29.5 Å². The van der Waals surface area contributed by atoms with E-state index in [0.717, 1.165) is 31.7 Å². The minimum absolute atomic E-state index is 0.121. The van der Waals surface area contributed by atoms with E-state index in [9.17, 15) is 4.79 Å². The van der Waals surface area contributed by atoms with Gasteiger partial charge in [0, 0.05) is 19.7 Å². The second-order valence-corrected chi connectivity index (χ2v) is 5.55. The summed E-state index contributed by atoms with van der Waals surface area (Å²) in [6.07, 6.45) is 4.23. The van der Waals surface area contributed by atoms with Gasteiger partial charge in [0.15, 0.2) is 0 Å². The summed E-state index contributed by atoms with van der Waals surface area (Å²) >= 11 is 0. The molecular weight excluding hydrogens is 254 g/mol. The summed E-state index contributed by atoms with van der Waals surface area (Å²) in [4.78, 5) is 16.0. The first-order chi connectivity index (χ1) is 9.65. The van der Waals surface area contributed by atoms with Crippen LogP contribution in [0.5, 0.6) is 0 Å². The van der Waals surface area contributed by atoms with Crippen molar-refractivity contribution in [2.45, 2.75) is 32.8 Å². The smallest absolute Gasteiger partial charge is 0.269 e. The summed E-state index contributed by atoms with van der Waals surface area (Å²) in [6.45, 7) is 6.44. The van der Waals surface area contributed by atoms with E-state index in [4.69, 9.17) is 4.74 Å². The fourth-order valence-electron chi connectivity index (χ4n) is 2.06. The van der Waals surface area contributed by atoms with E-state index in [1.807, 2.05) is 6.07 Å². The Kier molecular flexibility index (Phi) is 5.35. The highest BCUT2D eigenvalue weighted by Gasteiger charge is 2.15. The van der Waals surface area contributed by atoms with E-state index >= 15 is 0 Å². The van der Waals surface area contributed by atoms with Crippen molar-refractivity contribution in [2.75, 3.05) is 25.0 Å². The second-order valence-electron chi connectivity index (χ2n) is 5.55. The third kappa shape index (κ3) is 4.49. The highest BCUT2D eigenvalue weighted by Crippen LogP contribution is 2.13. The van der Waals surface area contributed by atoms with Gasteiger partial charge in [-0.25, -0.2) is 4.98 Å². The van der Waals surface area contributed by atoms with Gasteiger partial charge in [0.2, 0.25) is 0 Å². The molecule has 1 aliphatic rings. The number of hydrogen-bond acceptors (Lipinski definition) is 4. The Morgan fingerprint density at radius 1 is 1.50 bits per heavy atom. The van der Waals surface area contributed by atoms with Crippen LogP contribution in [0.1, 0.15) is 37.2 Å². The summed E-state index contributed by atoms with van der Waals surface area (Å²) in [5.41, 5.74) is 1.37. The van der Waals surface area contributed by atoms with Crippen LogP contribution < -0.4 is 10.6 Å². The lowest BCUT2D eigenvalue weighted by Gasteiger charge is -2.12. The van der Waals surface area contributed by atoms with E-state index in [-0.39, 0.29) is 5.91 Å². The van der Waals surface area contributed by atoms with Gasteiger partial charge < -0.3 is 15.4 Å². The Balaban J connectivity index is 1.80. The molecule has 0 radical (unpaired) electrons. The molecule has 1 aliphatic heterocycles. The van der Waals surface area contributed by atoms with Crippen LogP contribution in [0.4, 0.5) is 5.69 Å².